The lowest BCUT2D eigenvalue weighted by atomic mass is 10.1. The Morgan fingerprint density at radius 3 is 2.31 bits per heavy atom. The van der Waals surface area contributed by atoms with Crippen LogP contribution in [-0.4, -0.2) is 20.9 Å². The van der Waals surface area contributed by atoms with E-state index in [1.165, 1.54) is 18.2 Å². The van der Waals surface area contributed by atoms with Crippen LogP contribution in [0.25, 0.3) is 0 Å². The maximum atomic E-state index is 12.9. The first kappa shape index (κ1) is 26.8. The normalized spacial score (nSPS) is 12.7. The molecule has 0 bridgehead atoms. The summed E-state index contributed by atoms with van der Waals surface area (Å²) in [6.45, 7) is 1.09. The minimum Gasteiger partial charge on any atom is -0.482 e. The molecular weight excluding hydrogens is 528 g/mol. The molecular formula is C23H19Cl2F3N2O4S. The third-order valence-electron chi connectivity index (χ3n) is 4.77. The van der Waals surface area contributed by atoms with Crippen molar-refractivity contribution in [1.82, 2.24) is 4.72 Å². The molecule has 12 heteroatoms. The highest BCUT2D eigenvalue weighted by atomic mass is 35.5. The Kier molecular flexibility index (Phi) is 8.32. The number of amides is 1. The summed E-state index contributed by atoms with van der Waals surface area (Å²) >= 11 is 12.0. The zero-order chi connectivity index (χ0) is 25.8. The van der Waals surface area contributed by atoms with Crippen LogP contribution in [-0.2, 0) is 21.0 Å². The smallest absolute Gasteiger partial charge is 0.416 e. The van der Waals surface area contributed by atoms with E-state index in [0.717, 1.165) is 17.7 Å². The number of carbonyl (C=O) groups excluding carboxylic acids is 1. The first-order valence-corrected chi connectivity index (χ1v) is 12.3. The van der Waals surface area contributed by atoms with Crippen LogP contribution < -0.4 is 14.8 Å². The molecule has 1 atom stereocenters. The summed E-state index contributed by atoms with van der Waals surface area (Å²) in [5.41, 5.74) is -0.441. The van der Waals surface area contributed by atoms with Crippen molar-refractivity contribution in [2.45, 2.75) is 24.0 Å². The van der Waals surface area contributed by atoms with E-state index in [0.29, 0.717) is 6.07 Å². The molecule has 0 heterocycles. The highest BCUT2D eigenvalue weighted by molar-refractivity contribution is 7.89. The highest BCUT2D eigenvalue weighted by Crippen LogP contribution is 2.34. The van der Waals surface area contributed by atoms with Gasteiger partial charge in [-0.05, 0) is 48.9 Å². The van der Waals surface area contributed by atoms with Gasteiger partial charge in [-0.2, -0.15) is 13.2 Å². The van der Waals surface area contributed by atoms with Gasteiger partial charge in [0.2, 0.25) is 10.0 Å². The molecule has 0 aliphatic rings. The van der Waals surface area contributed by atoms with Gasteiger partial charge in [-0.3, -0.25) is 4.79 Å². The lowest BCUT2D eigenvalue weighted by Crippen LogP contribution is -2.27. The van der Waals surface area contributed by atoms with E-state index in [2.05, 4.69) is 10.0 Å². The zero-order valence-electron chi connectivity index (χ0n) is 18.1. The van der Waals surface area contributed by atoms with E-state index in [1.54, 1.807) is 31.2 Å². The Bertz CT molecular complexity index is 1320. The molecule has 0 saturated heterocycles. The Morgan fingerprint density at radius 2 is 1.69 bits per heavy atom. The number of benzene rings is 3. The molecule has 1 amide bonds. The largest absolute Gasteiger partial charge is 0.482 e. The maximum Gasteiger partial charge on any atom is 0.416 e. The second-order valence-electron chi connectivity index (χ2n) is 7.38. The second kappa shape index (κ2) is 10.9. The van der Waals surface area contributed by atoms with Crippen LogP contribution in [0.1, 0.15) is 24.1 Å². The minimum atomic E-state index is -4.61. The first-order chi connectivity index (χ1) is 16.4. The fraction of sp³-hybridized carbons (Fsp3) is 0.174. The van der Waals surface area contributed by atoms with Crippen molar-refractivity contribution in [3.63, 3.8) is 0 Å². The van der Waals surface area contributed by atoms with Crippen molar-refractivity contribution in [3.05, 3.63) is 87.9 Å². The molecule has 0 unspecified atom stereocenters. The topological polar surface area (TPSA) is 84.5 Å². The lowest BCUT2D eigenvalue weighted by Gasteiger charge is -2.15. The number of nitrogens with one attached hydrogen (secondary N) is 2. The van der Waals surface area contributed by atoms with Crippen LogP contribution >= 0.6 is 23.2 Å². The molecule has 0 spiro atoms. The van der Waals surface area contributed by atoms with E-state index < -0.39 is 40.3 Å². The summed E-state index contributed by atoms with van der Waals surface area (Å²) in [7, 11) is -3.92. The predicted octanol–water partition coefficient (Wildman–Crippen LogP) is 6.07. The predicted molar refractivity (Wildman–Crippen MR) is 127 cm³/mol. The van der Waals surface area contributed by atoms with Crippen molar-refractivity contribution in [2.24, 2.45) is 0 Å². The molecule has 0 aliphatic carbocycles. The molecule has 0 fully saturated rings. The van der Waals surface area contributed by atoms with Crippen molar-refractivity contribution in [2.75, 3.05) is 11.9 Å². The van der Waals surface area contributed by atoms with E-state index in [-0.39, 0.29) is 26.4 Å². The van der Waals surface area contributed by atoms with Crippen molar-refractivity contribution in [3.8, 4) is 5.75 Å². The van der Waals surface area contributed by atoms with Gasteiger partial charge in [-0.15, -0.1) is 0 Å². The van der Waals surface area contributed by atoms with Crippen LogP contribution in [0.5, 0.6) is 5.75 Å². The minimum absolute atomic E-state index is 0.00649. The molecule has 2 N–H and O–H groups in total. The van der Waals surface area contributed by atoms with Crippen LogP contribution in [0.15, 0.2) is 71.6 Å². The fourth-order valence-electron chi connectivity index (χ4n) is 3.00. The van der Waals surface area contributed by atoms with Gasteiger partial charge in [-0.1, -0.05) is 53.5 Å². The third-order valence-corrected chi connectivity index (χ3v) is 6.94. The Morgan fingerprint density at radius 1 is 1.00 bits per heavy atom. The SMILES string of the molecule is C[C@@H](NS(=O)(=O)c1ccc(OCC(=O)Nc2cc(C(F)(F)F)ccc2Cl)c(Cl)c1)c1ccccc1. The van der Waals surface area contributed by atoms with Crippen molar-refractivity contribution < 1.29 is 31.1 Å². The highest BCUT2D eigenvalue weighted by Gasteiger charge is 2.31. The average Bonchev–Trinajstić information content (AvgIpc) is 2.79. The van der Waals surface area contributed by atoms with Gasteiger partial charge in [0.1, 0.15) is 5.75 Å². The van der Waals surface area contributed by atoms with Gasteiger partial charge in [-0.25, -0.2) is 13.1 Å². The second-order valence-corrected chi connectivity index (χ2v) is 9.90. The lowest BCUT2D eigenvalue weighted by molar-refractivity contribution is -0.137. The molecule has 0 saturated carbocycles. The number of hydrogen-bond acceptors (Lipinski definition) is 4. The molecule has 3 rings (SSSR count). The van der Waals surface area contributed by atoms with Gasteiger partial charge in [0.15, 0.2) is 6.61 Å². The van der Waals surface area contributed by atoms with Crippen LogP contribution in [0.4, 0.5) is 18.9 Å². The summed E-state index contributed by atoms with van der Waals surface area (Å²) in [5.74, 6) is -0.788. The van der Waals surface area contributed by atoms with Gasteiger partial charge in [0, 0.05) is 6.04 Å². The molecule has 186 valence electrons. The van der Waals surface area contributed by atoms with Gasteiger partial charge in [0.25, 0.3) is 5.91 Å². The molecule has 0 aromatic heterocycles. The van der Waals surface area contributed by atoms with Gasteiger partial charge < -0.3 is 10.1 Å². The zero-order valence-corrected chi connectivity index (χ0v) is 20.4. The number of rotatable bonds is 8. The van der Waals surface area contributed by atoms with Crippen LogP contribution in [0.2, 0.25) is 10.0 Å². The van der Waals surface area contributed by atoms with E-state index in [1.807, 2.05) is 6.07 Å². The summed E-state index contributed by atoms with van der Waals surface area (Å²) in [6.07, 6.45) is -4.61. The van der Waals surface area contributed by atoms with Gasteiger partial charge >= 0.3 is 6.18 Å². The number of carbonyl (C=O) groups is 1. The summed E-state index contributed by atoms with van der Waals surface area (Å²) in [4.78, 5) is 12.1. The summed E-state index contributed by atoms with van der Waals surface area (Å²) in [5, 5.41) is 2.07. The number of halogens is 5. The van der Waals surface area contributed by atoms with Crippen LogP contribution in [0, 0.1) is 0 Å². The molecule has 3 aromatic rings. The first-order valence-electron chi connectivity index (χ1n) is 10.0. The molecule has 35 heavy (non-hydrogen) atoms. The van der Waals surface area contributed by atoms with E-state index in [9.17, 15) is 26.4 Å². The third kappa shape index (κ3) is 7.11. The number of alkyl halides is 3. The van der Waals surface area contributed by atoms with Crippen molar-refractivity contribution in [1.29, 1.82) is 0 Å². The number of sulfonamides is 1. The summed E-state index contributed by atoms with van der Waals surface area (Å²) in [6, 6.07) is 14.7. The van der Waals surface area contributed by atoms with Crippen LogP contribution in [0.3, 0.4) is 0 Å². The monoisotopic (exact) mass is 546 g/mol. The Balaban J connectivity index is 1.65. The average molecular weight is 547 g/mol. The number of hydrogen-bond donors (Lipinski definition) is 2. The van der Waals surface area contributed by atoms with E-state index >= 15 is 0 Å². The van der Waals surface area contributed by atoms with E-state index in [4.69, 9.17) is 27.9 Å². The number of anilines is 1. The fourth-order valence-corrected chi connectivity index (χ4v) is 4.73. The molecule has 0 radical (unpaired) electrons. The molecule has 6 nitrogen and oxygen atoms in total. The molecule has 3 aromatic carbocycles. The Hall–Kier alpha value is -2.79. The summed E-state index contributed by atoms with van der Waals surface area (Å²) < 4.78 is 71.9. The van der Waals surface area contributed by atoms with Gasteiger partial charge in [0.05, 0.1) is 26.2 Å². The quantitative estimate of drug-likeness (QED) is 0.359. The standard InChI is InChI=1S/C23H19Cl2F3N2O4S/c1-14(15-5-3-2-4-6-15)30-35(32,33)17-8-10-21(19(25)12-17)34-13-22(31)29-20-11-16(23(26,27)28)7-9-18(20)24/h2-12,14,30H,13H2,1H3,(H,29,31)/t14-/m1/s1. The van der Waals surface area contributed by atoms with Crippen molar-refractivity contribution >= 4 is 44.8 Å². The molecule has 0 aliphatic heterocycles. The number of ether oxygens (including phenoxy) is 1. The maximum absolute atomic E-state index is 12.9. The Labute approximate surface area is 210 Å².